The van der Waals surface area contributed by atoms with E-state index in [2.05, 4.69) is 20.9 Å². The van der Waals surface area contributed by atoms with Crippen LogP contribution in [0, 0.1) is 0 Å². The second-order valence-electron chi connectivity index (χ2n) is 8.33. The lowest BCUT2D eigenvalue weighted by Crippen LogP contribution is -2.30. The maximum atomic E-state index is 12.8. The van der Waals surface area contributed by atoms with Gasteiger partial charge in [0.2, 0.25) is 0 Å². The fraction of sp³-hybridized carbons (Fsp3) is 0.409. The van der Waals surface area contributed by atoms with Crippen LogP contribution in [0.15, 0.2) is 41.3 Å². The first-order valence-electron chi connectivity index (χ1n) is 9.73. The molecule has 1 aliphatic rings. The van der Waals surface area contributed by atoms with E-state index >= 15 is 0 Å². The lowest BCUT2D eigenvalue weighted by Gasteiger charge is -2.25. The third kappa shape index (κ3) is 3.87. The van der Waals surface area contributed by atoms with E-state index in [4.69, 9.17) is 19.2 Å². The molecule has 0 unspecified atom stereocenters. The molecule has 1 atom stereocenters. The van der Waals surface area contributed by atoms with Gasteiger partial charge in [0, 0.05) is 37.3 Å². The Labute approximate surface area is 183 Å². The van der Waals surface area contributed by atoms with E-state index in [1.165, 1.54) is 4.57 Å². The van der Waals surface area contributed by atoms with Gasteiger partial charge in [-0.3, -0.25) is 4.57 Å². The smallest absolute Gasteiger partial charge is 0.419 e. The fourth-order valence-corrected chi connectivity index (χ4v) is 3.95. The van der Waals surface area contributed by atoms with E-state index in [-0.39, 0.29) is 0 Å². The summed E-state index contributed by atoms with van der Waals surface area (Å²) < 4.78 is 19.1. The number of pyridine rings is 2. The van der Waals surface area contributed by atoms with Crippen LogP contribution in [0.4, 0.5) is 4.79 Å². The number of hydrogen-bond acceptors (Lipinski definition) is 6. The Morgan fingerprint density at radius 3 is 2.80 bits per heavy atom. The molecule has 1 saturated heterocycles. The highest BCUT2D eigenvalue weighted by molar-refractivity contribution is 9.10. The average Bonchev–Trinajstić information content (AvgIpc) is 3.32. The number of ether oxygens (including phenoxy) is 3. The molecule has 0 aliphatic carbocycles. The first kappa shape index (κ1) is 21.0. The van der Waals surface area contributed by atoms with Crippen molar-refractivity contribution in [3.63, 3.8) is 0 Å². The third-order valence-corrected chi connectivity index (χ3v) is 5.55. The molecule has 8 heteroatoms. The zero-order valence-corrected chi connectivity index (χ0v) is 19.0. The predicted octanol–water partition coefficient (Wildman–Crippen LogP) is 4.91. The average molecular weight is 474 g/mol. The van der Waals surface area contributed by atoms with Gasteiger partial charge >= 0.3 is 6.09 Å². The predicted molar refractivity (Wildman–Crippen MR) is 116 cm³/mol. The van der Waals surface area contributed by atoms with Gasteiger partial charge in [-0.25, -0.2) is 14.8 Å². The minimum absolute atomic E-state index is 0.461. The molecule has 4 rings (SSSR count). The quantitative estimate of drug-likeness (QED) is 0.503. The Bertz CT molecular complexity index is 1100. The summed E-state index contributed by atoms with van der Waals surface area (Å²) in [5, 5.41) is 0.849. The lowest BCUT2D eigenvalue weighted by atomic mass is 9.97. The number of methoxy groups -OCH3 is 1. The monoisotopic (exact) mass is 473 g/mol. The molecule has 0 N–H and O–H groups in total. The number of rotatable bonds is 3. The SMILES string of the molecule is CO[C@@]1(c2cccc(-c3cn(C(=O)OC(C)(C)C)c4cnc(Br)cc34)n2)CCOC1. The number of carbonyl (C=O) groups excluding carboxylic acids is 1. The van der Waals surface area contributed by atoms with Crippen molar-refractivity contribution in [2.45, 2.75) is 38.4 Å². The van der Waals surface area contributed by atoms with Gasteiger partial charge in [-0.2, -0.15) is 0 Å². The second kappa shape index (κ2) is 7.76. The zero-order chi connectivity index (χ0) is 21.5. The van der Waals surface area contributed by atoms with E-state index in [1.54, 1.807) is 19.5 Å². The lowest BCUT2D eigenvalue weighted by molar-refractivity contribution is -0.0245. The molecular formula is C22H24BrN3O4. The number of halogens is 1. The van der Waals surface area contributed by atoms with Crippen LogP contribution < -0.4 is 0 Å². The van der Waals surface area contributed by atoms with Gasteiger partial charge in [0.1, 0.15) is 15.8 Å². The van der Waals surface area contributed by atoms with Crippen molar-refractivity contribution < 1.29 is 19.0 Å². The normalized spacial score (nSPS) is 19.4. The fourth-order valence-electron chi connectivity index (χ4n) is 3.62. The summed E-state index contributed by atoms with van der Waals surface area (Å²) in [6.07, 6.45) is 3.69. The Morgan fingerprint density at radius 2 is 2.13 bits per heavy atom. The number of hydrogen-bond donors (Lipinski definition) is 0. The molecule has 0 radical (unpaired) electrons. The molecule has 7 nitrogen and oxygen atoms in total. The van der Waals surface area contributed by atoms with Crippen LogP contribution in [0.1, 0.15) is 32.9 Å². The summed E-state index contributed by atoms with van der Waals surface area (Å²) in [7, 11) is 1.68. The van der Waals surface area contributed by atoms with E-state index in [0.29, 0.717) is 23.3 Å². The van der Waals surface area contributed by atoms with E-state index in [1.807, 2.05) is 45.0 Å². The van der Waals surface area contributed by atoms with Crippen LogP contribution in [-0.2, 0) is 19.8 Å². The van der Waals surface area contributed by atoms with E-state index in [0.717, 1.165) is 28.8 Å². The van der Waals surface area contributed by atoms with Crippen molar-refractivity contribution >= 4 is 32.9 Å². The molecule has 0 bridgehead atoms. The van der Waals surface area contributed by atoms with Crippen LogP contribution >= 0.6 is 15.9 Å². The molecule has 1 fully saturated rings. The second-order valence-corrected chi connectivity index (χ2v) is 9.14. The van der Waals surface area contributed by atoms with Gasteiger partial charge in [0.15, 0.2) is 0 Å². The Balaban J connectivity index is 1.84. The van der Waals surface area contributed by atoms with Crippen LogP contribution in [0.3, 0.4) is 0 Å². The van der Waals surface area contributed by atoms with Crippen LogP contribution in [0.2, 0.25) is 0 Å². The Morgan fingerprint density at radius 1 is 1.33 bits per heavy atom. The maximum Gasteiger partial charge on any atom is 0.419 e. The van der Waals surface area contributed by atoms with Gasteiger partial charge in [-0.05, 0) is 54.9 Å². The molecular weight excluding hydrogens is 450 g/mol. The van der Waals surface area contributed by atoms with Crippen LogP contribution in [-0.4, -0.2) is 46.6 Å². The minimum Gasteiger partial charge on any atom is -0.443 e. The molecule has 0 aromatic carbocycles. The zero-order valence-electron chi connectivity index (χ0n) is 17.4. The minimum atomic E-state index is -0.609. The molecule has 0 saturated carbocycles. The summed E-state index contributed by atoms with van der Waals surface area (Å²) >= 11 is 3.43. The molecule has 4 heterocycles. The highest BCUT2D eigenvalue weighted by Crippen LogP contribution is 2.36. The van der Waals surface area contributed by atoms with Crippen molar-refractivity contribution in [2.75, 3.05) is 20.3 Å². The van der Waals surface area contributed by atoms with E-state index < -0.39 is 17.3 Å². The van der Waals surface area contributed by atoms with Crippen molar-refractivity contribution in [3.8, 4) is 11.3 Å². The summed E-state index contributed by atoms with van der Waals surface area (Å²) in [6, 6.07) is 7.70. The maximum absolute atomic E-state index is 12.8. The molecule has 158 valence electrons. The standard InChI is InChI=1S/C22H24BrN3O4/c1-21(2,3)30-20(27)26-12-15(14-10-19(23)24-11-17(14)26)16-6-5-7-18(25-16)22(28-4)8-9-29-13-22/h5-7,10-12H,8-9,13H2,1-4H3/t22-/m0/s1. The number of nitrogens with zero attached hydrogens (tertiary/aromatic N) is 3. The molecule has 0 spiro atoms. The largest absolute Gasteiger partial charge is 0.443 e. The van der Waals surface area contributed by atoms with Gasteiger partial charge in [-0.15, -0.1) is 0 Å². The third-order valence-electron chi connectivity index (χ3n) is 5.12. The van der Waals surface area contributed by atoms with Crippen molar-refractivity contribution in [1.82, 2.24) is 14.5 Å². The Kier molecular flexibility index (Phi) is 5.42. The summed E-state index contributed by atoms with van der Waals surface area (Å²) in [5.74, 6) is 0. The molecule has 30 heavy (non-hydrogen) atoms. The van der Waals surface area contributed by atoms with Crippen molar-refractivity contribution in [1.29, 1.82) is 0 Å². The first-order valence-corrected chi connectivity index (χ1v) is 10.5. The van der Waals surface area contributed by atoms with Gasteiger partial charge in [-0.1, -0.05) is 6.07 Å². The van der Waals surface area contributed by atoms with Crippen molar-refractivity contribution in [3.05, 3.63) is 47.0 Å². The summed E-state index contributed by atoms with van der Waals surface area (Å²) in [4.78, 5) is 22.0. The molecule has 1 aliphatic heterocycles. The summed E-state index contributed by atoms with van der Waals surface area (Å²) in [5.41, 5.74) is 1.85. The topological polar surface area (TPSA) is 75.5 Å². The molecule has 3 aromatic heterocycles. The van der Waals surface area contributed by atoms with Gasteiger partial charge in [0.05, 0.1) is 29.7 Å². The van der Waals surface area contributed by atoms with E-state index in [9.17, 15) is 4.79 Å². The summed E-state index contributed by atoms with van der Waals surface area (Å²) in [6.45, 7) is 6.62. The van der Waals surface area contributed by atoms with Crippen LogP contribution in [0.25, 0.3) is 22.2 Å². The molecule has 0 amide bonds. The van der Waals surface area contributed by atoms with Crippen LogP contribution in [0.5, 0.6) is 0 Å². The molecule has 3 aromatic rings. The number of aromatic nitrogens is 3. The number of fused-ring (bicyclic) bond motifs is 1. The van der Waals surface area contributed by atoms with Gasteiger partial charge < -0.3 is 14.2 Å². The first-order chi connectivity index (χ1) is 14.2. The highest BCUT2D eigenvalue weighted by atomic mass is 79.9. The number of carbonyl (C=O) groups is 1. The van der Waals surface area contributed by atoms with Gasteiger partial charge in [0.25, 0.3) is 0 Å². The van der Waals surface area contributed by atoms with Crippen molar-refractivity contribution in [2.24, 2.45) is 0 Å². The Hall–Kier alpha value is -2.29. The highest BCUT2D eigenvalue weighted by Gasteiger charge is 2.38.